The van der Waals surface area contributed by atoms with E-state index in [9.17, 15) is 33.6 Å². The molecule has 0 spiro atoms. The van der Waals surface area contributed by atoms with Gasteiger partial charge in [-0.1, -0.05) is 0 Å². The Morgan fingerprint density at radius 2 is 1.29 bits per heavy atom. The van der Waals surface area contributed by atoms with Gasteiger partial charge in [0.1, 0.15) is 18.1 Å². The highest BCUT2D eigenvalue weighted by atomic mass is 16.4. The average molecular weight is 447 g/mol. The molecule has 0 radical (unpaired) electrons. The number of aliphatic carboxylic acids is 3. The Hall–Kier alpha value is -3.75. The maximum Gasteiger partial charge on any atom is 0.325 e. The maximum absolute atomic E-state index is 12.5. The lowest BCUT2D eigenvalue weighted by atomic mass is 10.1. The van der Waals surface area contributed by atoms with Crippen LogP contribution in [0, 0.1) is 0 Å². The molecule has 0 heterocycles. The van der Waals surface area contributed by atoms with E-state index in [1.807, 2.05) is 10.6 Å². The van der Waals surface area contributed by atoms with Gasteiger partial charge in [0.25, 0.3) is 0 Å². The van der Waals surface area contributed by atoms with E-state index in [0.29, 0.717) is 0 Å². The van der Waals surface area contributed by atoms with Crippen molar-refractivity contribution in [2.24, 2.45) is 11.5 Å². The normalized spacial score (nSPS) is 14.3. The predicted octanol–water partition coefficient (Wildman–Crippen LogP) is -3.91. The number of rotatable bonds is 14. The number of carboxylic acids is 3. The van der Waals surface area contributed by atoms with Crippen molar-refractivity contribution in [1.29, 1.82) is 0 Å². The quantitative estimate of drug-likeness (QED) is 0.127. The number of carbonyl (C=O) groups is 7. The van der Waals surface area contributed by atoms with Crippen LogP contribution in [0.4, 0.5) is 0 Å². The van der Waals surface area contributed by atoms with E-state index in [2.05, 4.69) is 5.32 Å². The second kappa shape index (κ2) is 12.7. The molecule has 0 aliphatic heterocycles. The number of hydrogen-bond acceptors (Lipinski definition) is 8. The van der Waals surface area contributed by atoms with Gasteiger partial charge in [-0.25, -0.2) is 0 Å². The van der Waals surface area contributed by atoms with Crippen LogP contribution in [0.3, 0.4) is 0 Å². The van der Waals surface area contributed by atoms with E-state index in [0.717, 1.165) is 6.92 Å². The van der Waals surface area contributed by atoms with Crippen LogP contribution in [0.5, 0.6) is 0 Å². The molecule has 0 aromatic carbocycles. The van der Waals surface area contributed by atoms with Crippen molar-refractivity contribution in [1.82, 2.24) is 16.0 Å². The number of primary amides is 1. The van der Waals surface area contributed by atoms with Crippen LogP contribution in [0.1, 0.15) is 32.6 Å². The van der Waals surface area contributed by atoms with Gasteiger partial charge in [-0.2, -0.15) is 0 Å². The zero-order chi connectivity index (χ0) is 24.3. The lowest BCUT2D eigenvalue weighted by molar-refractivity contribution is -0.143. The molecule has 0 fully saturated rings. The molecule has 0 aliphatic rings. The number of carbonyl (C=O) groups excluding carboxylic acids is 4. The van der Waals surface area contributed by atoms with Crippen molar-refractivity contribution in [2.45, 2.75) is 56.8 Å². The molecule has 0 bridgehead atoms. The van der Waals surface area contributed by atoms with Gasteiger partial charge in [-0.05, 0) is 13.3 Å². The third kappa shape index (κ3) is 11.1. The third-order valence-electron chi connectivity index (χ3n) is 3.78. The molecular weight excluding hydrogens is 422 g/mol. The minimum absolute atomic E-state index is 0.455. The topological polar surface area (TPSA) is 268 Å². The molecule has 15 heteroatoms. The zero-order valence-corrected chi connectivity index (χ0v) is 16.5. The van der Waals surface area contributed by atoms with E-state index in [-0.39, 0.29) is 0 Å². The average Bonchev–Trinajstić information content (AvgIpc) is 2.62. The smallest absolute Gasteiger partial charge is 0.325 e. The van der Waals surface area contributed by atoms with Crippen molar-refractivity contribution in [3.8, 4) is 0 Å². The molecule has 10 N–H and O–H groups in total. The van der Waals surface area contributed by atoms with Gasteiger partial charge in [-0.3, -0.25) is 33.6 Å². The molecular formula is C16H25N5O10. The van der Waals surface area contributed by atoms with Crippen LogP contribution in [-0.4, -0.2) is 81.0 Å². The van der Waals surface area contributed by atoms with Gasteiger partial charge in [0.05, 0.1) is 18.9 Å². The fourth-order valence-corrected chi connectivity index (χ4v) is 2.16. The molecule has 0 saturated carbocycles. The van der Waals surface area contributed by atoms with E-state index in [1.54, 1.807) is 0 Å². The molecule has 0 rings (SSSR count). The number of amides is 4. The molecule has 31 heavy (non-hydrogen) atoms. The highest BCUT2D eigenvalue weighted by molar-refractivity contribution is 5.96. The fourth-order valence-electron chi connectivity index (χ4n) is 2.16. The van der Waals surface area contributed by atoms with Crippen LogP contribution in [0.25, 0.3) is 0 Å². The Morgan fingerprint density at radius 1 is 0.774 bits per heavy atom. The van der Waals surface area contributed by atoms with Crippen molar-refractivity contribution < 1.29 is 48.9 Å². The van der Waals surface area contributed by atoms with Crippen molar-refractivity contribution in [2.75, 3.05) is 0 Å². The Morgan fingerprint density at radius 3 is 1.74 bits per heavy atom. The second-order valence-corrected chi connectivity index (χ2v) is 6.50. The summed E-state index contributed by atoms with van der Waals surface area (Å²) in [6.45, 7) is 1.11. The zero-order valence-electron chi connectivity index (χ0n) is 16.5. The molecule has 0 aromatic heterocycles. The number of nitrogens with two attached hydrogens (primary N) is 2. The van der Waals surface area contributed by atoms with Crippen molar-refractivity contribution >= 4 is 41.5 Å². The third-order valence-corrected chi connectivity index (χ3v) is 3.78. The number of nitrogens with one attached hydrogen (secondary N) is 3. The molecule has 174 valence electrons. The van der Waals surface area contributed by atoms with Crippen LogP contribution in [-0.2, 0) is 33.6 Å². The standard InChI is InChI=1S/C16H25N5O10/c1-6(16(30)31)19-15(29)9(5-12(25)26)21-14(28)8(2-3-11(23)24)20-13(27)7(17)4-10(18)22/h6-9H,2-5,17H2,1H3,(H2,18,22)(H,19,29)(H,20,27)(H,21,28)(H,23,24)(H,25,26)(H,30,31). The first-order valence-corrected chi connectivity index (χ1v) is 8.86. The predicted molar refractivity (Wildman–Crippen MR) is 100 cm³/mol. The lowest BCUT2D eigenvalue weighted by Crippen LogP contribution is -2.57. The highest BCUT2D eigenvalue weighted by Gasteiger charge is 2.31. The van der Waals surface area contributed by atoms with Gasteiger partial charge < -0.3 is 42.7 Å². The number of carboxylic acid groups (broad SMARTS) is 3. The molecule has 0 aromatic rings. The van der Waals surface area contributed by atoms with Gasteiger partial charge >= 0.3 is 17.9 Å². The Kier molecular flexibility index (Phi) is 11.2. The van der Waals surface area contributed by atoms with Crippen molar-refractivity contribution in [3.63, 3.8) is 0 Å². The SMILES string of the molecule is CC(NC(=O)C(CC(=O)O)NC(=O)C(CCC(=O)O)NC(=O)C(N)CC(N)=O)C(=O)O. The van der Waals surface area contributed by atoms with Crippen LogP contribution in [0.15, 0.2) is 0 Å². The summed E-state index contributed by atoms with van der Waals surface area (Å²) in [5, 5.41) is 32.7. The molecule has 4 atom stereocenters. The van der Waals surface area contributed by atoms with E-state index in [1.165, 1.54) is 0 Å². The summed E-state index contributed by atoms with van der Waals surface area (Å²) in [5.74, 6) is -8.39. The van der Waals surface area contributed by atoms with Crippen molar-refractivity contribution in [3.05, 3.63) is 0 Å². The van der Waals surface area contributed by atoms with Gasteiger partial charge in [0.2, 0.25) is 23.6 Å². The minimum Gasteiger partial charge on any atom is -0.481 e. The molecule has 4 unspecified atom stereocenters. The summed E-state index contributed by atoms with van der Waals surface area (Å²) < 4.78 is 0. The van der Waals surface area contributed by atoms with Crippen LogP contribution < -0.4 is 27.4 Å². The summed E-state index contributed by atoms with van der Waals surface area (Å²) in [6, 6.07) is -6.11. The number of hydrogen-bond donors (Lipinski definition) is 8. The highest BCUT2D eigenvalue weighted by Crippen LogP contribution is 2.03. The first kappa shape index (κ1) is 27.2. The fraction of sp³-hybridized carbons (Fsp3) is 0.562. The first-order chi connectivity index (χ1) is 14.2. The second-order valence-electron chi connectivity index (χ2n) is 6.50. The Labute approximate surface area is 175 Å². The summed E-state index contributed by atoms with van der Waals surface area (Å²) in [6.07, 6.45) is -2.53. The summed E-state index contributed by atoms with van der Waals surface area (Å²) >= 11 is 0. The maximum atomic E-state index is 12.5. The van der Waals surface area contributed by atoms with E-state index in [4.69, 9.17) is 26.8 Å². The molecule has 4 amide bonds. The minimum atomic E-state index is -1.73. The molecule has 0 aliphatic carbocycles. The van der Waals surface area contributed by atoms with Gasteiger partial charge in [0.15, 0.2) is 0 Å². The Bertz CT molecular complexity index is 740. The van der Waals surface area contributed by atoms with E-state index >= 15 is 0 Å². The molecule has 15 nitrogen and oxygen atoms in total. The summed E-state index contributed by atoms with van der Waals surface area (Å²) in [7, 11) is 0. The van der Waals surface area contributed by atoms with Crippen LogP contribution in [0.2, 0.25) is 0 Å². The lowest BCUT2D eigenvalue weighted by Gasteiger charge is -2.23. The van der Waals surface area contributed by atoms with E-state index < -0.39 is 91.4 Å². The largest absolute Gasteiger partial charge is 0.481 e. The summed E-state index contributed by atoms with van der Waals surface area (Å²) in [4.78, 5) is 80.3. The summed E-state index contributed by atoms with van der Waals surface area (Å²) in [5.41, 5.74) is 10.4. The first-order valence-electron chi connectivity index (χ1n) is 8.86. The van der Waals surface area contributed by atoms with Crippen LogP contribution >= 0.6 is 0 Å². The van der Waals surface area contributed by atoms with Gasteiger partial charge in [-0.15, -0.1) is 0 Å². The van der Waals surface area contributed by atoms with Gasteiger partial charge in [0, 0.05) is 6.42 Å². The molecule has 0 saturated heterocycles. The Balaban J connectivity index is 5.45. The monoisotopic (exact) mass is 447 g/mol.